The van der Waals surface area contributed by atoms with Crippen molar-refractivity contribution >= 4 is 27.5 Å². The molecule has 1 N–H and O–H groups in total. The Morgan fingerprint density at radius 2 is 1.68 bits per heavy atom. The Labute approximate surface area is 130 Å². The van der Waals surface area contributed by atoms with Crippen molar-refractivity contribution in [2.45, 2.75) is 50.5 Å². The van der Waals surface area contributed by atoms with Crippen LogP contribution in [0.5, 0.6) is 0 Å². The molecule has 1 fully saturated rings. The van der Waals surface area contributed by atoms with Crippen LogP contribution in [0.3, 0.4) is 0 Å². The fourth-order valence-corrected chi connectivity index (χ4v) is 3.74. The molecule has 0 unspecified atom stereocenters. The number of carbonyl (C=O) groups excluding carboxylic acids is 2. The highest BCUT2D eigenvalue weighted by molar-refractivity contribution is 7.89. The maximum Gasteiger partial charge on any atom is 0.240 e. The maximum absolute atomic E-state index is 12.2. The fourth-order valence-electron chi connectivity index (χ4n) is 2.46. The molecule has 0 spiro atoms. The number of sulfonamides is 1. The molecule has 0 radical (unpaired) electrons. The standard InChI is InChI=1S/C15H20N2O4S/c1-3-4-11(2)16-22(20,21)13-7-5-12(6-8-13)17-14(18)9-10-15(17)19/h5-8,11,16H,3-4,9-10H2,1-2H3/t11-/m1/s1. The van der Waals surface area contributed by atoms with Crippen LogP contribution in [-0.2, 0) is 19.6 Å². The normalized spacial score (nSPS) is 17.1. The minimum Gasteiger partial charge on any atom is -0.274 e. The van der Waals surface area contributed by atoms with Crippen molar-refractivity contribution < 1.29 is 18.0 Å². The number of rotatable bonds is 6. The number of amides is 2. The largest absolute Gasteiger partial charge is 0.274 e. The predicted molar refractivity (Wildman–Crippen MR) is 82.9 cm³/mol. The molecule has 1 atom stereocenters. The van der Waals surface area contributed by atoms with Gasteiger partial charge in [0.05, 0.1) is 10.6 Å². The van der Waals surface area contributed by atoms with E-state index in [4.69, 9.17) is 0 Å². The van der Waals surface area contributed by atoms with Gasteiger partial charge >= 0.3 is 0 Å². The molecule has 0 saturated carbocycles. The highest BCUT2D eigenvalue weighted by Crippen LogP contribution is 2.24. The Hall–Kier alpha value is -1.73. The first-order valence-electron chi connectivity index (χ1n) is 7.33. The van der Waals surface area contributed by atoms with Crippen molar-refractivity contribution in [1.29, 1.82) is 0 Å². The third kappa shape index (κ3) is 3.53. The van der Waals surface area contributed by atoms with E-state index in [9.17, 15) is 18.0 Å². The second-order valence-corrected chi connectivity index (χ2v) is 7.14. The van der Waals surface area contributed by atoms with Crippen molar-refractivity contribution in [2.24, 2.45) is 0 Å². The summed E-state index contributed by atoms with van der Waals surface area (Å²) < 4.78 is 27.0. The lowest BCUT2D eigenvalue weighted by Gasteiger charge is -2.16. The summed E-state index contributed by atoms with van der Waals surface area (Å²) in [5.74, 6) is -0.509. The zero-order valence-corrected chi connectivity index (χ0v) is 13.5. The van der Waals surface area contributed by atoms with Gasteiger partial charge in [-0.2, -0.15) is 0 Å². The molecule has 0 aliphatic carbocycles. The summed E-state index contributed by atoms with van der Waals surface area (Å²) >= 11 is 0. The molecular formula is C15H20N2O4S. The number of carbonyl (C=O) groups is 2. The number of hydrogen-bond acceptors (Lipinski definition) is 4. The number of benzene rings is 1. The lowest BCUT2D eigenvalue weighted by molar-refractivity contribution is -0.121. The van der Waals surface area contributed by atoms with Gasteiger partial charge in [0.1, 0.15) is 0 Å². The molecule has 2 rings (SSSR count). The van der Waals surface area contributed by atoms with Crippen LogP contribution in [-0.4, -0.2) is 26.3 Å². The van der Waals surface area contributed by atoms with Crippen molar-refractivity contribution in [1.82, 2.24) is 4.72 Å². The molecule has 0 aromatic heterocycles. The van der Waals surface area contributed by atoms with Crippen LogP contribution in [0.15, 0.2) is 29.2 Å². The molecule has 22 heavy (non-hydrogen) atoms. The maximum atomic E-state index is 12.2. The first-order chi connectivity index (χ1) is 10.3. The van der Waals surface area contributed by atoms with Crippen molar-refractivity contribution in [2.75, 3.05) is 4.90 Å². The second-order valence-electron chi connectivity index (χ2n) is 5.43. The fraction of sp³-hybridized carbons (Fsp3) is 0.467. The first kappa shape index (κ1) is 16.6. The molecule has 120 valence electrons. The minimum absolute atomic E-state index is 0.123. The van der Waals surface area contributed by atoms with E-state index in [-0.39, 0.29) is 35.6 Å². The van der Waals surface area contributed by atoms with Crippen LogP contribution in [0.1, 0.15) is 39.5 Å². The van der Waals surface area contributed by atoms with Gasteiger partial charge in [-0.3, -0.25) is 14.5 Å². The Balaban J connectivity index is 2.18. The van der Waals surface area contributed by atoms with Crippen LogP contribution >= 0.6 is 0 Å². The van der Waals surface area contributed by atoms with Gasteiger partial charge in [-0.05, 0) is 37.6 Å². The first-order valence-corrected chi connectivity index (χ1v) is 8.81. The molecule has 1 aliphatic heterocycles. The van der Waals surface area contributed by atoms with Crippen LogP contribution < -0.4 is 9.62 Å². The van der Waals surface area contributed by atoms with Gasteiger partial charge in [0.15, 0.2) is 0 Å². The molecule has 1 heterocycles. The summed E-state index contributed by atoms with van der Waals surface area (Å²) in [6.07, 6.45) is 2.06. The van der Waals surface area contributed by atoms with E-state index in [1.165, 1.54) is 24.3 Å². The van der Waals surface area contributed by atoms with E-state index >= 15 is 0 Å². The summed E-state index contributed by atoms with van der Waals surface area (Å²) in [4.78, 5) is 24.5. The Kier molecular flexibility index (Phi) is 4.97. The smallest absolute Gasteiger partial charge is 0.240 e. The molecule has 7 heteroatoms. The lowest BCUT2D eigenvalue weighted by Crippen LogP contribution is -2.32. The summed E-state index contributed by atoms with van der Waals surface area (Å²) in [5, 5.41) is 0. The molecule has 2 amide bonds. The molecule has 0 bridgehead atoms. The topological polar surface area (TPSA) is 83.6 Å². The van der Waals surface area contributed by atoms with Crippen molar-refractivity contribution in [3.8, 4) is 0 Å². The number of imide groups is 1. The van der Waals surface area contributed by atoms with E-state index in [1.54, 1.807) is 0 Å². The van der Waals surface area contributed by atoms with Crippen molar-refractivity contribution in [3.05, 3.63) is 24.3 Å². The zero-order valence-electron chi connectivity index (χ0n) is 12.7. The second kappa shape index (κ2) is 6.58. The van der Waals surface area contributed by atoms with Crippen LogP contribution in [0, 0.1) is 0 Å². The summed E-state index contributed by atoms with van der Waals surface area (Å²) in [7, 11) is -3.59. The third-order valence-electron chi connectivity index (χ3n) is 3.53. The van der Waals surface area contributed by atoms with E-state index < -0.39 is 10.0 Å². The Morgan fingerprint density at radius 3 is 2.18 bits per heavy atom. The van der Waals surface area contributed by atoms with Gasteiger partial charge in [-0.1, -0.05) is 13.3 Å². The summed E-state index contributed by atoms with van der Waals surface area (Å²) in [6, 6.07) is 5.65. The Morgan fingerprint density at radius 1 is 1.14 bits per heavy atom. The van der Waals surface area contributed by atoms with Crippen molar-refractivity contribution in [3.63, 3.8) is 0 Å². The monoisotopic (exact) mass is 324 g/mol. The van der Waals surface area contributed by atoms with Gasteiger partial charge in [-0.15, -0.1) is 0 Å². The lowest BCUT2D eigenvalue weighted by atomic mass is 10.2. The van der Waals surface area contributed by atoms with Gasteiger partial charge in [0.2, 0.25) is 21.8 Å². The third-order valence-corrected chi connectivity index (χ3v) is 5.14. The predicted octanol–water partition coefficient (Wildman–Crippen LogP) is 1.81. The number of nitrogens with zero attached hydrogens (tertiary/aromatic N) is 1. The van der Waals surface area contributed by atoms with E-state index in [2.05, 4.69) is 4.72 Å². The zero-order chi connectivity index (χ0) is 16.3. The van der Waals surface area contributed by atoms with E-state index in [1.807, 2.05) is 13.8 Å². The van der Waals surface area contributed by atoms with E-state index in [0.717, 1.165) is 17.7 Å². The van der Waals surface area contributed by atoms with E-state index in [0.29, 0.717) is 5.69 Å². The van der Waals surface area contributed by atoms with Gasteiger partial charge in [-0.25, -0.2) is 13.1 Å². The number of anilines is 1. The molecule has 1 aromatic rings. The minimum atomic E-state index is -3.59. The molecule has 1 saturated heterocycles. The molecule has 1 aromatic carbocycles. The Bertz CT molecular complexity index is 651. The number of hydrogen-bond donors (Lipinski definition) is 1. The molecule has 6 nitrogen and oxygen atoms in total. The summed E-state index contributed by atoms with van der Waals surface area (Å²) in [5.41, 5.74) is 0.410. The molecular weight excluding hydrogens is 304 g/mol. The van der Waals surface area contributed by atoms with Gasteiger partial charge in [0.25, 0.3) is 0 Å². The average molecular weight is 324 g/mol. The van der Waals surface area contributed by atoms with Crippen LogP contribution in [0.2, 0.25) is 0 Å². The highest BCUT2D eigenvalue weighted by Gasteiger charge is 2.30. The SMILES string of the molecule is CCC[C@@H](C)NS(=O)(=O)c1ccc(N2C(=O)CCC2=O)cc1. The molecule has 1 aliphatic rings. The average Bonchev–Trinajstić information content (AvgIpc) is 2.78. The van der Waals surface area contributed by atoms with Crippen LogP contribution in [0.25, 0.3) is 0 Å². The van der Waals surface area contributed by atoms with Gasteiger partial charge < -0.3 is 0 Å². The summed E-state index contributed by atoms with van der Waals surface area (Å²) in [6.45, 7) is 3.81. The number of nitrogens with one attached hydrogen (secondary N) is 1. The van der Waals surface area contributed by atoms with Crippen LogP contribution in [0.4, 0.5) is 5.69 Å². The highest BCUT2D eigenvalue weighted by atomic mass is 32.2. The van der Waals surface area contributed by atoms with Gasteiger partial charge in [0, 0.05) is 18.9 Å². The quantitative estimate of drug-likeness (QED) is 0.809.